The van der Waals surface area contributed by atoms with Gasteiger partial charge in [0.2, 0.25) is 0 Å². The number of benzene rings is 2. The van der Waals surface area contributed by atoms with E-state index >= 15 is 0 Å². The number of hydrogen-bond acceptors (Lipinski definition) is 12. The number of carbonyl (C=O) groups excluding carboxylic acids is 2. The lowest BCUT2D eigenvalue weighted by atomic mass is 10.1. The molecule has 2 fully saturated rings. The molecule has 12 heteroatoms. The fourth-order valence-corrected chi connectivity index (χ4v) is 5.55. The second-order valence-corrected chi connectivity index (χ2v) is 13.7. The first-order chi connectivity index (χ1) is 29.3. The molecule has 0 amide bonds. The molecule has 2 aliphatic heterocycles. The molecule has 2 aromatic rings. The molecule has 2 heterocycles. The Bertz CT molecular complexity index is 1450. The second-order valence-electron chi connectivity index (χ2n) is 13.7. The highest BCUT2D eigenvalue weighted by molar-refractivity contribution is 5.90. The summed E-state index contributed by atoms with van der Waals surface area (Å²) in [6.45, 7) is 14.5. The number of rotatable bonds is 26. The Morgan fingerprint density at radius 3 is 1.18 bits per heavy atom. The fraction of sp³-hybridized carbons (Fsp3) is 0.458. The number of carbonyl (C=O) groups is 2. The summed E-state index contributed by atoms with van der Waals surface area (Å²) in [5, 5.41) is 0. The van der Waals surface area contributed by atoms with E-state index in [1.807, 2.05) is 38.1 Å². The van der Waals surface area contributed by atoms with Gasteiger partial charge < -0.3 is 47.4 Å². The van der Waals surface area contributed by atoms with E-state index < -0.39 is 36.4 Å². The highest BCUT2D eigenvalue weighted by atomic mass is 16.7. The molecule has 0 aliphatic carbocycles. The van der Waals surface area contributed by atoms with E-state index in [0.717, 1.165) is 76.1 Å². The van der Waals surface area contributed by atoms with Crippen LogP contribution >= 0.6 is 0 Å². The summed E-state index contributed by atoms with van der Waals surface area (Å²) in [5.74, 6) is -0.837. The van der Waals surface area contributed by atoms with Gasteiger partial charge in [-0.25, -0.2) is 9.59 Å². The van der Waals surface area contributed by atoms with Crippen LogP contribution in [-0.2, 0) is 47.4 Å². The maximum absolute atomic E-state index is 12.4. The lowest BCUT2D eigenvalue weighted by Crippen LogP contribution is -2.36. The van der Waals surface area contributed by atoms with Crippen molar-refractivity contribution in [3.63, 3.8) is 0 Å². The Labute approximate surface area is 357 Å². The van der Waals surface area contributed by atoms with Crippen LogP contribution in [0.2, 0.25) is 0 Å². The molecule has 0 N–H and O–H groups in total. The highest BCUT2D eigenvalue weighted by Crippen LogP contribution is 2.31. The van der Waals surface area contributed by atoms with Crippen LogP contribution in [0.1, 0.15) is 83.2 Å². The third-order valence-electron chi connectivity index (χ3n) is 8.80. The number of aryl methyl sites for hydroxylation is 2. The molecule has 0 radical (unpaired) electrons. The van der Waals surface area contributed by atoms with Crippen molar-refractivity contribution in [1.29, 1.82) is 0 Å². The van der Waals surface area contributed by atoms with E-state index in [4.69, 9.17) is 47.4 Å². The minimum Gasteiger partial charge on any atom is -0.501 e. The zero-order chi connectivity index (χ0) is 43.5. The minimum atomic E-state index is -0.526. The average molecular weight is 835 g/mol. The molecule has 0 saturated carbocycles. The number of hydrogen-bond donors (Lipinski definition) is 0. The fourth-order valence-electron chi connectivity index (χ4n) is 5.55. The van der Waals surface area contributed by atoms with E-state index in [1.165, 1.54) is 25.4 Å². The van der Waals surface area contributed by atoms with Crippen LogP contribution in [-0.4, -0.2) is 90.2 Å². The Morgan fingerprint density at radius 2 is 0.867 bits per heavy atom. The van der Waals surface area contributed by atoms with Crippen LogP contribution in [0.3, 0.4) is 0 Å². The smallest absolute Gasteiger partial charge is 0.338 e. The van der Waals surface area contributed by atoms with Crippen LogP contribution in [0, 0.1) is 13.8 Å². The third-order valence-corrected chi connectivity index (χ3v) is 8.80. The first-order valence-electron chi connectivity index (χ1n) is 20.5. The van der Waals surface area contributed by atoms with Gasteiger partial charge in [-0.15, -0.1) is 0 Å². The number of allylic oxidation sites excluding steroid dienone is 4. The SMILES string of the molecule is C=CC=COCCCCCCOC=COC.C=CC=COCCCCCCOC=COC.Cc1ccc(C(=O)O[C@H]2COC3C2OC[C@@H]3OC(=O)c2ccc(C)cc2)cc1. The molecule has 2 aliphatic rings. The summed E-state index contributed by atoms with van der Waals surface area (Å²) in [5.41, 5.74) is 3.10. The summed E-state index contributed by atoms with van der Waals surface area (Å²) >= 11 is 0. The largest absolute Gasteiger partial charge is 0.501 e. The second kappa shape index (κ2) is 33.4. The average Bonchev–Trinajstić information content (AvgIpc) is 3.85. The lowest BCUT2D eigenvalue weighted by molar-refractivity contribution is -0.0287. The quantitative estimate of drug-likeness (QED) is 0.0388. The summed E-state index contributed by atoms with van der Waals surface area (Å²) in [6.07, 6.45) is 23.5. The monoisotopic (exact) mass is 834 g/mol. The topological polar surface area (TPSA) is 126 Å². The van der Waals surface area contributed by atoms with Crippen LogP contribution < -0.4 is 0 Å². The van der Waals surface area contributed by atoms with E-state index in [9.17, 15) is 9.59 Å². The summed E-state index contributed by atoms with van der Waals surface area (Å²) in [7, 11) is 3.20. The van der Waals surface area contributed by atoms with Gasteiger partial charge >= 0.3 is 11.9 Å². The number of methoxy groups -OCH3 is 2. The molecule has 2 aromatic carbocycles. The molecule has 4 atom stereocenters. The molecular weight excluding hydrogens is 769 g/mol. The predicted molar refractivity (Wildman–Crippen MR) is 232 cm³/mol. The van der Waals surface area contributed by atoms with Crippen molar-refractivity contribution in [2.24, 2.45) is 0 Å². The van der Waals surface area contributed by atoms with Gasteiger partial charge in [-0.3, -0.25) is 0 Å². The highest BCUT2D eigenvalue weighted by Gasteiger charge is 2.51. The van der Waals surface area contributed by atoms with Gasteiger partial charge in [0.15, 0.2) is 12.2 Å². The Balaban J connectivity index is 0.000000336. The Kier molecular flexibility index (Phi) is 28.2. The Hall–Kier alpha value is -5.46. The minimum absolute atomic E-state index is 0.214. The van der Waals surface area contributed by atoms with Crippen molar-refractivity contribution in [3.05, 3.63) is 146 Å². The van der Waals surface area contributed by atoms with Gasteiger partial charge in [-0.2, -0.15) is 0 Å². The number of ether oxygens (including phenoxy) is 10. The summed E-state index contributed by atoms with van der Waals surface area (Å²) in [4.78, 5) is 24.7. The van der Waals surface area contributed by atoms with Gasteiger partial charge in [-0.05, 0) is 102 Å². The van der Waals surface area contributed by atoms with Crippen LogP contribution in [0.15, 0.2) is 124 Å². The molecule has 0 bridgehead atoms. The normalized spacial score (nSPS) is 17.9. The molecule has 2 saturated heterocycles. The van der Waals surface area contributed by atoms with Crippen molar-refractivity contribution in [3.8, 4) is 0 Å². The van der Waals surface area contributed by atoms with Crippen molar-refractivity contribution >= 4 is 11.9 Å². The summed E-state index contributed by atoms with van der Waals surface area (Å²) in [6, 6.07) is 14.3. The molecular formula is C48H66O12. The van der Waals surface area contributed by atoms with E-state index in [1.54, 1.807) is 87.8 Å². The van der Waals surface area contributed by atoms with Crippen LogP contribution in [0.4, 0.5) is 0 Å². The lowest BCUT2D eigenvalue weighted by Gasteiger charge is -2.17. The van der Waals surface area contributed by atoms with Crippen LogP contribution in [0.5, 0.6) is 0 Å². The molecule has 4 rings (SSSR count). The van der Waals surface area contributed by atoms with Gasteiger partial charge in [0.05, 0.1) is 77.5 Å². The molecule has 12 nitrogen and oxygen atoms in total. The molecule has 2 unspecified atom stereocenters. The molecule has 0 aromatic heterocycles. The van der Waals surface area contributed by atoms with Crippen molar-refractivity contribution in [2.75, 3.05) is 53.9 Å². The van der Waals surface area contributed by atoms with Gasteiger partial charge in [-0.1, -0.05) is 60.7 Å². The van der Waals surface area contributed by atoms with E-state index in [2.05, 4.69) is 13.2 Å². The zero-order valence-corrected chi connectivity index (χ0v) is 35.9. The standard InChI is InChI=1S/C22H22O6.2C13H22O3/c1-13-3-7-15(8-4-13)21(23)27-17-11-25-20-18(12-26-19(17)20)28-22(24)16-9-5-14(2)6-10-16;2*1-3-4-9-15-10-7-5-6-8-11-16-13-12-14-2/h3-10,17-20H,11-12H2,1-2H3;2*3-4,9,12-13H,1,5-8,10-11H2,2H3/t17-,18-,19?,20?;;/m0../s1. The number of esters is 2. The number of unbranched alkanes of at least 4 members (excludes halogenated alkanes) is 6. The van der Waals surface area contributed by atoms with Crippen molar-refractivity contribution in [1.82, 2.24) is 0 Å². The number of fused-ring (bicyclic) bond motifs is 1. The van der Waals surface area contributed by atoms with E-state index in [-0.39, 0.29) is 13.2 Å². The van der Waals surface area contributed by atoms with Gasteiger partial charge in [0.25, 0.3) is 0 Å². The predicted octanol–water partition coefficient (Wildman–Crippen LogP) is 9.65. The molecule has 330 valence electrons. The zero-order valence-electron chi connectivity index (χ0n) is 35.9. The van der Waals surface area contributed by atoms with E-state index in [0.29, 0.717) is 11.1 Å². The maximum atomic E-state index is 12.4. The van der Waals surface area contributed by atoms with Crippen molar-refractivity contribution < 1.29 is 57.0 Å². The maximum Gasteiger partial charge on any atom is 0.338 e. The third kappa shape index (κ3) is 22.6. The van der Waals surface area contributed by atoms with Crippen molar-refractivity contribution in [2.45, 2.75) is 89.6 Å². The van der Waals surface area contributed by atoms with Crippen LogP contribution in [0.25, 0.3) is 0 Å². The first-order valence-corrected chi connectivity index (χ1v) is 20.5. The first kappa shape index (κ1) is 50.7. The van der Waals surface area contributed by atoms with Gasteiger partial charge in [0, 0.05) is 0 Å². The Morgan fingerprint density at radius 1 is 0.533 bits per heavy atom. The summed E-state index contributed by atoms with van der Waals surface area (Å²) < 4.78 is 52.8. The molecule has 60 heavy (non-hydrogen) atoms. The van der Waals surface area contributed by atoms with Gasteiger partial charge in [0.1, 0.15) is 37.3 Å². The molecule has 0 spiro atoms.